The molecule has 6 heteroatoms. The van der Waals surface area contributed by atoms with Crippen molar-refractivity contribution in [3.05, 3.63) is 25.6 Å². The van der Waals surface area contributed by atoms with Crippen molar-refractivity contribution >= 4 is 70.4 Å². The second-order valence-corrected chi connectivity index (χ2v) is 8.06. The third-order valence-corrected chi connectivity index (χ3v) is 5.38. The van der Waals surface area contributed by atoms with Crippen LogP contribution in [0.1, 0.15) is 13.8 Å². The summed E-state index contributed by atoms with van der Waals surface area (Å²) in [5, 5.41) is 4.39. The standard InChI is InChI=1S/C12H13Br3N2S/c1-6(2)10-5-18-12(16-10)17-11-8(14)3-7(13)4-9(11)15/h3-4,6,10H,5H2,1-2H3,(H,16,17)/t10-/m1/s1. The maximum absolute atomic E-state index is 4.70. The number of halogens is 3. The minimum absolute atomic E-state index is 0.422. The van der Waals surface area contributed by atoms with E-state index in [-0.39, 0.29) is 0 Å². The summed E-state index contributed by atoms with van der Waals surface area (Å²) < 4.78 is 3.06. The summed E-state index contributed by atoms with van der Waals surface area (Å²) in [5.41, 5.74) is 1.02. The van der Waals surface area contributed by atoms with Crippen molar-refractivity contribution in [1.82, 2.24) is 0 Å². The number of amidine groups is 1. The molecule has 1 N–H and O–H groups in total. The highest BCUT2D eigenvalue weighted by Crippen LogP contribution is 2.36. The zero-order valence-electron chi connectivity index (χ0n) is 10.0. The molecule has 0 radical (unpaired) electrons. The zero-order valence-corrected chi connectivity index (χ0v) is 15.6. The molecule has 1 aromatic rings. The van der Waals surface area contributed by atoms with E-state index in [2.05, 4.69) is 67.0 Å². The fourth-order valence-corrected chi connectivity index (χ4v) is 5.20. The van der Waals surface area contributed by atoms with Gasteiger partial charge in [0.2, 0.25) is 0 Å². The van der Waals surface area contributed by atoms with Gasteiger partial charge in [-0.3, -0.25) is 4.99 Å². The van der Waals surface area contributed by atoms with Crippen molar-refractivity contribution in [1.29, 1.82) is 0 Å². The second-order valence-electron chi connectivity index (χ2n) is 4.43. The average molecular weight is 457 g/mol. The molecule has 1 aliphatic heterocycles. The van der Waals surface area contributed by atoms with Gasteiger partial charge in [0.25, 0.3) is 0 Å². The molecule has 0 bridgehead atoms. The van der Waals surface area contributed by atoms with Crippen LogP contribution < -0.4 is 5.32 Å². The summed E-state index contributed by atoms with van der Waals surface area (Å²) in [6.45, 7) is 4.42. The van der Waals surface area contributed by atoms with E-state index in [4.69, 9.17) is 4.99 Å². The summed E-state index contributed by atoms with van der Waals surface area (Å²) in [7, 11) is 0. The number of hydrogen-bond acceptors (Lipinski definition) is 3. The molecule has 0 spiro atoms. The number of benzene rings is 1. The van der Waals surface area contributed by atoms with Gasteiger partial charge < -0.3 is 5.32 Å². The molecule has 18 heavy (non-hydrogen) atoms. The lowest BCUT2D eigenvalue weighted by atomic mass is 10.1. The van der Waals surface area contributed by atoms with Gasteiger partial charge in [0.15, 0.2) is 5.17 Å². The first-order valence-electron chi connectivity index (χ1n) is 5.59. The maximum atomic E-state index is 4.70. The quantitative estimate of drug-likeness (QED) is 0.634. The Balaban J connectivity index is 2.18. The van der Waals surface area contributed by atoms with Gasteiger partial charge in [-0.1, -0.05) is 41.5 Å². The maximum Gasteiger partial charge on any atom is 0.161 e. The van der Waals surface area contributed by atoms with Crippen LogP contribution in [-0.2, 0) is 0 Å². The van der Waals surface area contributed by atoms with Gasteiger partial charge in [-0.2, -0.15) is 0 Å². The Labute approximate surface area is 137 Å². The van der Waals surface area contributed by atoms with Gasteiger partial charge in [-0.15, -0.1) is 0 Å². The molecule has 0 amide bonds. The molecule has 0 aromatic heterocycles. The third kappa shape index (κ3) is 3.52. The molecule has 2 nitrogen and oxygen atoms in total. The van der Waals surface area contributed by atoms with E-state index in [0.29, 0.717) is 12.0 Å². The Morgan fingerprint density at radius 1 is 1.28 bits per heavy atom. The molecule has 1 heterocycles. The Hall–Kier alpha value is 0.480. The van der Waals surface area contributed by atoms with Crippen LogP contribution >= 0.6 is 59.6 Å². The molecule has 98 valence electrons. The summed E-state index contributed by atoms with van der Waals surface area (Å²) in [6, 6.07) is 4.46. The average Bonchev–Trinajstić information content (AvgIpc) is 2.71. The van der Waals surface area contributed by atoms with E-state index in [0.717, 1.165) is 30.0 Å². The predicted molar refractivity (Wildman–Crippen MR) is 91.7 cm³/mol. The summed E-state index contributed by atoms with van der Waals surface area (Å²) in [4.78, 5) is 4.70. The SMILES string of the molecule is CC(C)[C@H]1CSC(Nc2c(Br)cc(Br)cc2Br)=N1. The van der Waals surface area contributed by atoms with E-state index < -0.39 is 0 Å². The van der Waals surface area contributed by atoms with Crippen LogP contribution in [0, 0.1) is 5.92 Å². The molecule has 0 saturated heterocycles. The van der Waals surface area contributed by atoms with Crippen molar-refractivity contribution in [3.8, 4) is 0 Å². The van der Waals surface area contributed by atoms with Crippen molar-refractivity contribution in [2.75, 3.05) is 11.1 Å². The van der Waals surface area contributed by atoms with Crippen molar-refractivity contribution in [3.63, 3.8) is 0 Å². The van der Waals surface area contributed by atoms with Gasteiger partial charge in [0.05, 0.1) is 11.7 Å². The van der Waals surface area contributed by atoms with Crippen molar-refractivity contribution in [2.45, 2.75) is 19.9 Å². The van der Waals surface area contributed by atoms with Gasteiger partial charge >= 0.3 is 0 Å². The number of aliphatic imine (C=N–C) groups is 1. The topological polar surface area (TPSA) is 24.4 Å². The number of nitrogens with zero attached hydrogens (tertiary/aromatic N) is 1. The lowest BCUT2D eigenvalue weighted by Crippen LogP contribution is -2.12. The van der Waals surface area contributed by atoms with Gasteiger partial charge in [0, 0.05) is 19.2 Å². The molecule has 1 atom stereocenters. The van der Waals surface area contributed by atoms with E-state index >= 15 is 0 Å². The zero-order chi connectivity index (χ0) is 13.3. The number of thioether (sulfide) groups is 1. The summed E-state index contributed by atoms with van der Waals surface area (Å²) in [6.07, 6.45) is 0. The number of nitrogens with one attached hydrogen (secondary N) is 1. The van der Waals surface area contributed by atoms with E-state index in [1.165, 1.54) is 0 Å². The van der Waals surface area contributed by atoms with Gasteiger partial charge in [-0.05, 0) is 49.9 Å². The Kier molecular flexibility index (Phi) is 5.20. The highest BCUT2D eigenvalue weighted by molar-refractivity contribution is 9.11. The number of hydrogen-bond donors (Lipinski definition) is 1. The van der Waals surface area contributed by atoms with Crippen LogP contribution in [0.2, 0.25) is 0 Å². The molecule has 0 aliphatic carbocycles. The van der Waals surface area contributed by atoms with Gasteiger partial charge in [0.1, 0.15) is 0 Å². The molecule has 0 unspecified atom stereocenters. The van der Waals surface area contributed by atoms with Crippen molar-refractivity contribution < 1.29 is 0 Å². The number of rotatable bonds is 2. The molecular formula is C12H13Br3N2S. The van der Waals surface area contributed by atoms with Crippen LogP contribution in [-0.4, -0.2) is 17.0 Å². The highest BCUT2D eigenvalue weighted by atomic mass is 79.9. The highest BCUT2D eigenvalue weighted by Gasteiger charge is 2.22. The molecular weight excluding hydrogens is 444 g/mol. The number of anilines is 1. The van der Waals surface area contributed by atoms with E-state index in [1.807, 2.05) is 12.1 Å². The van der Waals surface area contributed by atoms with Crippen molar-refractivity contribution in [2.24, 2.45) is 10.9 Å². The second kappa shape index (κ2) is 6.29. The monoisotopic (exact) mass is 454 g/mol. The third-order valence-electron chi connectivity index (χ3n) is 2.68. The lowest BCUT2D eigenvalue weighted by Gasteiger charge is -2.10. The normalized spacial score (nSPS) is 19.2. The Bertz CT molecular complexity index is 465. The molecule has 0 saturated carbocycles. The largest absolute Gasteiger partial charge is 0.333 e. The minimum atomic E-state index is 0.422. The Morgan fingerprint density at radius 2 is 1.89 bits per heavy atom. The van der Waals surface area contributed by atoms with Crippen LogP contribution in [0.4, 0.5) is 5.69 Å². The smallest absolute Gasteiger partial charge is 0.161 e. The predicted octanol–water partition coefficient (Wildman–Crippen LogP) is 5.51. The molecule has 0 fully saturated rings. The fourth-order valence-electron chi connectivity index (χ4n) is 1.57. The lowest BCUT2D eigenvalue weighted by molar-refractivity contribution is 0.543. The summed E-state index contributed by atoms with van der Waals surface area (Å²) in [5.74, 6) is 1.65. The Morgan fingerprint density at radius 3 is 2.39 bits per heavy atom. The van der Waals surface area contributed by atoms with E-state index in [9.17, 15) is 0 Å². The first-order valence-corrected chi connectivity index (χ1v) is 8.96. The van der Waals surface area contributed by atoms with E-state index in [1.54, 1.807) is 11.8 Å². The van der Waals surface area contributed by atoms with Gasteiger partial charge in [-0.25, -0.2) is 0 Å². The minimum Gasteiger partial charge on any atom is -0.333 e. The van der Waals surface area contributed by atoms with Crippen LogP contribution in [0.15, 0.2) is 30.5 Å². The first-order chi connectivity index (χ1) is 8.47. The fraction of sp³-hybridized carbons (Fsp3) is 0.417. The van der Waals surface area contributed by atoms with Crippen LogP contribution in [0.3, 0.4) is 0 Å². The molecule has 2 rings (SSSR count). The molecule has 1 aromatic carbocycles. The summed E-state index contributed by atoms with van der Waals surface area (Å²) >= 11 is 12.4. The molecule has 1 aliphatic rings. The van der Waals surface area contributed by atoms with Crippen LogP contribution in [0.25, 0.3) is 0 Å². The van der Waals surface area contributed by atoms with Crippen LogP contribution in [0.5, 0.6) is 0 Å². The first kappa shape index (κ1) is 14.9.